The van der Waals surface area contributed by atoms with Crippen LogP contribution in [0.25, 0.3) is 0 Å². The number of aliphatic hydroxyl groups is 1. The van der Waals surface area contributed by atoms with Crippen molar-refractivity contribution < 1.29 is 5.11 Å². The molecule has 1 aromatic heterocycles. The number of nitrogens with two attached hydrogens (primary N) is 1. The minimum atomic E-state index is -1.24. The standard InChI is InChI=1S/C12H16N4O/c1-2-16-11(8-14-15-16)12(17,9-13)10-6-4-3-5-7-10/h3-8,17H,2,9,13H2,1H3. The second kappa shape index (κ2) is 4.65. The Bertz CT molecular complexity index is 482. The molecule has 0 radical (unpaired) electrons. The van der Waals surface area contributed by atoms with E-state index in [-0.39, 0.29) is 6.54 Å². The van der Waals surface area contributed by atoms with Crippen LogP contribution in [0.3, 0.4) is 0 Å². The summed E-state index contributed by atoms with van der Waals surface area (Å²) in [5.74, 6) is 0. The molecule has 0 saturated carbocycles. The Labute approximate surface area is 99.9 Å². The SMILES string of the molecule is CCn1nncc1C(O)(CN)c1ccccc1. The van der Waals surface area contributed by atoms with Crippen molar-refractivity contribution >= 4 is 0 Å². The molecule has 0 fully saturated rings. The van der Waals surface area contributed by atoms with Crippen molar-refractivity contribution in [3.8, 4) is 0 Å². The van der Waals surface area contributed by atoms with E-state index >= 15 is 0 Å². The summed E-state index contributed by atoms with van der Waals surface area (Å²) in [6, 6.07) is 9.33. The number of benzene rings is 1. The van der Waals surface area contributed by atoms with Gasteiger partial charge in [0.15, 0.2) is 0 Å². The lowest BCUT2D eigenvalue weighted by Gasteiger charge is -2.27. The maximum atomic E-state index is 10.7. The van der Waals surface area contributed by atoms with Gasteiger partial charge >= 0.3 is 0 Å². The molecule has 5 nitrogen and oxygen atoms in total. The number of nitrogens with zero attached hydrogens (tertiary/aromatic N) is 3. The molecule has 0 aliphatic heterocycles. The van der Waals surface area contributed by atoms with E-state index in [9.17, 15) is 5.11 Å². The van der Waals surface area contributed by atoms with E-state index in [1.54, 1.807) is 10.9 Å². The van der Waals surface area contributed by atoms with Gasteiger partial charge in [0.25, 0.3) is 0 Å². The van der Waals surface area contributed by atoms with Gasteiger partial charge in [-0.2, -0.15) is 0 Å². The lowest BCUT2D eigenvalue weighted by molar-refractivity contribution is 0.0801. The summed E-state index contributed by atoms with van der Waals surface area (Å²) in [6.45, 7) is 2.68. The van der Waals surface area contributed by atoms with Crippen LogP contribution in [0.4, 0.5) is 0 Å². The van der Waals surface area contributed by atoms with E-state index in [1.807, 2.05) is 37.3 Å². The molecule has 5 heteroatoms. The fraction of sp³-hybridized carbons (Fsp3) is 0.333. The smallest absolute Gasteiger partial charge is 0.145 e. The fourth-order valence-corrected chi connectivity index (χ4v) is 1.90. The highest BCUT2D eigenvalue weighted by Gasteiger charge is 2.33. The predicted octanol–water partition coefficient (Wildman–Crippen LogP) is 0.493. The molecule has 0 spiro atoms. The number of aromatic nitrogens is 3. The molecule has 1 atom stereocenters. The van der Waals surface area contributed by atoms with E-state index in [0.29, 0.717) is 12.2 Å². The van der Waals surface area contributed by atoms with Gasteiger partial charge in [0.05, 0.1) is 11.9 Å². The molecule has 3 N–H and O–H groups in total. The Morgan fingerprint density at radius 2 is 2.06 bits per heavy atom. The van der Waals surface area contributed by atoms with Gasteiger partial charge in [-0.15, -0.1) is 5.10 Å². The van der Waals surface area contributed by atoms with Gasteiger partial charge in [-0.1, -0.05) is 35.5 Å². The zero-order valence-electron chi connectivity index (χ0n) is 9.74. The van der Waals surface area contributed by atoms with E-state index in [1.165, 1.54) is 0 Å². The van der Waals surface area contributed by atoms with Crippen LogP contribution in [0.5, 0.6) is 0 Å². The van der Waals surface area contributed by atoms with Crippen LogP contribution in [0.1, 0.15) is 18.2 Å². The van der Waals surface area contributed by atoms with E-state index in [2.05, 4.69) is 10.3 Å². The van der Waals surface area contributed by atoms with Gasteiger partial charge in [0.2, 0.25) is 0 Å². The zero-order valence-corrected chi connectivity index (χ0v) is 9.74. The highest BCUT2D eigenvalue weighted by atomic mass is 16.3. The molecule has 2 rings (SSSR count). The lowest BCUT2D eigenvalue weighted by Crippen LogP contribution is -2.38. The normalized spacial score (nSPS) is 14.5. The molecule has 0 saturated heterocycles. The summed E-state index contributed by atoms with van der Waals surface area (Å²) in [5.41, 5.74) is 5.87. The van der Waals surface area contributed by atoms with E-state index in [0.717, 1.165) is 5.56 Å². The van der Waals surface area contributed by atoms with Crippen LogP contribution in [0.15, 0.2) is 36.5 Å². The molecule has 1 aromatic carbocycles. The molecular formula is C12H16N4O. The summed E-state index contributed by atoms with van der Waals surface area (Å²) in [4.78, 5) is 0. The van der Waals surface area contributed by atoms with Gasteiger partial charge in [-0.05, 0) is 12.5 Å². The van der Waals surface area contributed by atoms with Gasteiger partial charge < -0.3 is 10.8 Å². The van der Waals surface area contributed by atoms with Gasteiger partial charge in [-0.3, -0.25) is 0 Å². The van der Waals surface area contributed by atoms with E-state index < -0.39 is 5.60 Å². The minimum absolute atomic E-state index is 0.0877. The Balaban J connectivity index is 2.52. The number of aryl methyl sites for hydroxylation is 1. The van der Waals surface area contributed by atoms with Crippen LogP contribution in [-0.2, 0) is 12.1 Å². The molecule has 0 amide bonds. The Morgan fingerprint density at radius 1 is 1.35 bits per heavy atom. The van der Waals surface area contributed by atoms with Crippen LogP contribution >= 0.6 is 0 Å². The molecule has 90 valence electrons. The maximum Gasteiger partial charge on any atom is 0.145 e. The van der Waals surface area contributed by atoms with Crippen molar-refractivity contribution in [3.05, 3.63) is 47.8 Å². The molecule has 1 unspecified atom stereocenters. The topological polar surface area (TPSA) is 77.0 Å². The Morgan fingerprint density at radius 3 is 2.65 bits per heavy atom. The fourth-order valence-electron chi connectivity index (χ4n) is 1.90. The zero-order chi connectivity index (χ0) is 12.3. The van der Waals surface area contributed by atoms with Crippen LogP contribution in [-0.4, -0.2) is 26.6 Å². The first kappa shape index (κ1) is 11.8. The van der Waals surface area contributed by atoms with Gasteiger partial charge in [-0.25, -0.2) is 4.68 Å². The average Bonchev–Trinajstić information content (AvgIpc) is 2.87. The van der Waals surface area contributed by atoms with Crippen molar-refractivity contribution in [3.63, 3.8) is 0 Å². The van der Waals surface area contributed by atoms with Crippen molar-refractivity contribution in [1.29, 1.82) is 0 Å². The summed E-state index contributed by atoms with van der Waals surface area (Å²) >= 11 is 0. The van der Waals surface area contributed by atoms with Crippen LogP contribution in [0, 0.1) is 0 Å². The largest absolute Gasteiger partial charge is 0.377 e. The quantitative estimate of drug-likeness (QED) is 0.804. The van der Waals surface area contributed by atoms with Crippen molar-refractivity contribution in [2.45, 2.75) is 19.1 Å². The number of hydrogen-bond acceptors (Lipinski definition) is 4. The molecule has 0 aliphatic rings. The second-order valence-corrected chi connectivity index (χ2v) is 3.87. The maximum absolute atomic E-state index is 10.7. The first-order valence-electron chi connectivity index (χ1n) is 5.59. The molecule has 0 aliphatic carbocycles. The minimum Gasteiger partial charge on any atom is -0.377 e. The van der Waals surface area contributed by atoms with Crippen LogP contribution in [0.2, 0.25) is 0 Å². The average molecular weight is 232 g/mol. The van der Waals surface area contributed by atoms with E-state index in [4.69, 9.17) is 5.73 Å². The first-order valence-corrected chi connectivity index (χ1v) is 5.59. The first-order chi connectivity index (χ1) is 8.22. The highest BCUT2D eigenvalue weighted by molar-refractivity contribution is 5.31. The van der Waals surface area contributed by atoms with Crippen molar-refractivity contribution in [2.24, 2.45) is 5.73 Å². The van der Waals surface area contributed by atoms with Gasteiger partial charge in [0, 0.05) is 13.1 Å². The third kappa shape index (κ3) is 1.94. The molecule has 0 bridgehead atoms. The molecular weight excluding hydrogens is 216 g/mol. The highest BCUT2D eigenvalue weighted by Crippen LogP contribution is 2.27. The predicted molar refractivity (Wildman–Crippen MR) is 64.2 cm³/mol. The third-order valence-corrected chi connectivity index (χ3v) is 2.89. The Hall–Kier alpha value is -1.72. The monoisotopic (exact) mass is 232 g/mol. The molecule has 1 heterocycles. The third-order valence-electron chi connectivity index (χ3n) is 2.89. The van der Waals surface area contributed by atoms with Gasteiger partial charge in [0.1, 0.15) is 5.60 Å². The Kier molecular flexibility index (Phi) is 3.21. The van der Waals surface area contributed by atoms with Crippen molar-refractivity contribution in [1.82, 2.24) is 15.0 Å². The lowest BCUT2D eigenvalue weighted by atomic mass is 9.91. The summed E-state index contributed by atoms with van der Waals surface area (Å²) in [5, 5.41) is 18.5. The number of hydrogen-bond donors (Lipinski definition) is 2. The van der Waals surface area contributed by atoms with Crippen LogP contribution < -0.4 is 5.73 Å². The molecule has 17 heavy (non-hydrogen) atoms. The summed E-state index contributed by atoms with van der Waals surface area (Å²) < 4.78 is 1.65. The molecule has 2 aromatic rings. The van der Waals surface area contributed by atoms with Crippen molar-refractivity contribution in [2.75, 3.05) is 6.54 Å². The summed E-state index contributed by atoms with van der Waals surface area (Å²) in [6.07, 6.45) is 1.56. The number of rotatable bonds is 4. The summed E-state index contributed by atoms with van der Waals surface area (Å²) in [7, 11) is 0. The second-order valence-electron chi connectivity index (χ2n) is 3.87.